The summed E-state index contributed by atoms with van der Waals surface area (Å²) in [6, 6.07) is 4.88. The molecule has 0 saturated carbocycles. The fourth-order valence-corrected chi connectivity index (χ4v) is 2.42. The zero-order chi connectivity index (χ0) is 19.6. The number of urea groups is 1. The highest BCUT2D eigenvalue weighted by Crippen LogP contribution is 2.16. The van der Waals surface area contributed by atoms with Crippen LogP contribution >= 0.6 is 0 Å². The first-order chi connectivity index (χ1) is 12.1. The highest BCUT2D eigenvalue weighted by molar-refractivity contribution is 6.45. The summed E-state index contributed by atoms with van der Waals surface area (Å²) in [5, 5.41) is 2.52. The number of benzene rings is 1. The van der Waals surface area contributed by atoms with Crippen LogP contribution in [0.5, 0.6) is 0 Å². The average Bonchev–Trinajstić information content (AvgIpc) is 2.78. The Kier molecular flexibility index (Phi) is 5.39. The van der Waals surface area contributed by atoms with Crippen molar-refractivity contribution >= 4 is 35.3 Å². The van der Waals surface area contributed by atoms with Crippen LogP contribution in [0.25, 0.3) is 0 Å². The third-order valence-corrected chi connectivity index (χ3v) is 3.72. The molecule has 138 valence electrons. The minimum atomic E-state index is -1.02. The van der Waals surface area contributed by atoms with E-state index in [1.54, 1.807) is 40.1 Å². The van der Waals surface area contributed by atoms with E-state index in [-0.39, 0.29) is 5.91 Å². The van der Waals surface area contributed by atoms with Crippen molar-refractivity contribution in [1.82, 2.24) is 14.7 Å². The number of carbonyl (C=O) groups excluding carboxylic acids is 5. The van der Waals surface area contributed by atoms with E-state index in [9.17, 15) is 24.0 Å². The van der Waals surface area contributed by atoms with E-state index in [2.05, 4.69) is 5.32 Å². The summed E-state index contributed by atoms with van der Waals surface area (Å²) < 4.78 is 0. The molecule has 1 aliphatic rings. The number of rotatable bonds is 5. The van der Waals surface area contributed by atoms with Crippen LogP contribution in [-0.2, 0) is 14.4 Å². The zero-order valence-corrected chi connectivity index (χ0v) is 15.0. The molecule has 0 spiro atoms. The van der Waals surface area contributed by atoms with E-state index in [0.29, 0.717) is 16.2 Å². The summed E-state index contributed by atoms with van der Waals surface area (Å²) in [7, 11) is 3.26. The Balaban J connectivity index is 2.03. The highest BCUT2D eigenvalue weighted by Gasteiger charge is 2.46. The number of hydrogen-bond donors (Lipinski definition) is 1. The lowest BCUT2D eigenvalue weighted by molar-refractivity contribution is -0.144. The number of amides is 6. The van der Waals surface area contributed by atoms with E-state index in [0.717, 1.165) is 4.90 Å². The molecule has 9 nitrogen and oxygen atoms in total. The lowest BCUT2D eigenvalue weighted by Gasteiger charge is -2.18. The van der Waals surface area contributed by atoms with E-state index in [1.165, 1.54) is 17.0 Å². The molecule has 1 fully saturated rings. The van der Waals surface area contributed by atoms with Crippen molar-refractivity contribution in [3.8, 4) is 0 Å². The summed E-state index contributed by atoms with van der Waals surface area (Å²) in [5.41, 5.74) is 0.854. The topological polar surface area (TPSA) is 107 Å². The summed E-state index contributed by atoms with van der Waals surface area (Å²) in [4.78, 5) is 62.6. The molecule has 0 aromatic heterocycles. The Bertz CT molecular complexity index is 770. The number of carbonyl (C=O) groups is 5. The third kappa shape index (κ3) is 3.71. The molecule has 0 aliphatic carbocycles. The van der Waals surface area contributed by atoms with Crippen LogP contribution in [-0.4, -0.2) is 71.0 Å². The van der Waals surface area contributed by atoms with Crippen molar-refractivity contribution in [3.05, 3.63) is 29.8 Å². The molecule has 6 amide bonds. The Labute approximate surface area is 150 Å². The maximum atomic E-state index is 12.1. The predicted molar refractivity (Wildman–Crippen MR) is 92.2 cm³/mol. The normalized spacial score (nSPS) is 14.3. The summed E-state index contributed by atoms with van der Waals surface area (Å²) in [6.07, 6.45) is 0. The molecule has 0 bridgehead atoms. The van der Waals surface area contributed by atoms with Crippen molar-refractivity contribution in [3.63, 3.8) is 0 Å². The van der Waals surface area contributed by atoms with E-state index in [1.807, 2.05) is 0 Å². The van der Waals surface area contributed by atoms with Crippen molar-refractivity contribution in [2.24, 2.45) is 0 Å². The minimum Gasteiger partial charge on any atom is -0.345 e. The molecular weight excluding hydrogens is 340 g/mol. The molecule has 1 aromatic carbocycles. The molecule has 9 heteroatoms. The quantitative estimate of drug-likeness (QED) is 0.609. The molecule has 0 unspecified atom stereocenters. The van der Waals surface area contributed by atoms with Gasteiger partial charge in [0.15, 0.2) is 0 Å². The van der Waals surface area contributed by atoms with Crippen LogP contribution < -0.4 is 5.32 Å². The summed E-state index contributed by atoms with van der Waals surface area (Å²) in [5.74, 6) is -2.77. The van der Waals surface area contributed by atoms with E-state index < -0.39 is 36.3 Å². The van der Waals surface area contributed by atoms with Gasteiger partial charge in [-0.2, -0.15) is 0 Å². The SMILES string of the molecule is CC(C)N1C(=O)C(=O)N(CC(=O)Nc2ccc(C(=O)N(C)C)cc2)C1=O. The first kappa shape index (κ1) is 19.1. The Morgan fingerprint density at radius 2 is 1.62 bits per heavy atom. The second-order valence-electron chi connectivity index (χ2n) is 6.27. The lowest BCUT2D eigenvalue weighted by atomic mass is 10.2. The van der Waals surface area contributed by atoms with Crippen LogP contribution in [0.4, 0.5) is 10.5 Å². The minimum absolute atomic E-state index is 0.177. The van der Waals surface area contributed by atoms with Crippen molar-refractivity contribution in [2.45, 2.75) is 19.9 Å². The number of anilines is 1. The fourth-order valence-electron chi connectivity index (χ4n) is 2.42. The maximum Gasteiger partial charge on any atom is 0.334 e. The van der Waals surface area contributed by atoms with Gasteiger partial charge in [-0.25, -0.2) is 9.69 Å². The molecule has 0 radical (unpaired) electrons. The molecule has 26 heavy (non-hydrogen) atoms. The number of nitrogens with zero attached hydrogens (tertiary/aromatic N) is 3. The van der Waals surface area contributed by atoms with Gasteiger partial charge in [0.2, 0.25) is 5.91 Å². The van der Waals surface area contributed by atoms with Crippen LogP contribution in [0.3, 0.4) is 0 Å². The highest BCUT2D eigenvalue weighted by atomic mass is 16.2. The molecule has 1 aromatic rings. The van der Waals surface area contributed by atoms with Gasteiger partial charge in [0.05, 0.1) is 0 Å². The monoisotopic (exact) mass is 360 g/mol. The number of hydrogen-bond acceptors (Lipinski definition) is 5. The largest absolute Gasteiger partial charge is 0.345 e. The molecule has 1 N–H and O–H groups in total. The van der Waals surface area contributed by atoms with Gasteiger partial charge >= 0.3 is 17.8 Å². The predicted octanol–water partition coefficient (Wildman–Crippen LogP) is 0.526. The van der Waals surface area contributed by atoms with Crippen LogP contribution in [0.1, 0.15) is 24.2 Å². The average molecular weight is 360 g/mol. The Hall–Kier alpha value is -3.23. The summed E-state index contributed by atoms with van der Waals surface area (Å²) in [6.45, 7) is 2.64. The fraction of sp³-hybridized carbons (Fsp3) is 0.353. The molecule has 0 atom stereocenters. The standard InChI is InChI=1S/C17H20N4O5/c1-10(2)21-16(25)15(24)20(17(21)26)9-13(22)18-12-7-5-11(6-8-12)14(23)19(3)4/h5-8,10H,9H2,1-4H3,(H,18,22). The van der Waals surface area contributed by atoms with Gasteiger partial charge in [0.25, 0.3) is 5.91 Å². The molecule has 1 saturated heterocycles. The second-order valence-corrected chi connectivity index (χ2v) is 6.27. The third-order valence-electron chi connectivity index (χ3n) is 3.72. The van der Waals surface area contributed by atoms with Crippen LogP contribution in [0.15, 0.2) is 24.3 Å². The molecule has 1 aliphatic heterocycles. The molecule has 2 rings (SSSR count). The smallest absolute Gasteiger partial charge is 0.334 e. The first-order valence-corrected chi connectivity index (χ1v) is 7.94. The van der Waals surface area contributed by atoms with Gasteiger partial charge in [-0.1, -0.05) is 0 Å². The Morgan fingerprint density at radius 1 is 1.04 bits per heavy atom. The van der Waals surface area contributed by atoms with Crippen molar-refractivity contribution in [1.29, 1.82) is 0 Å². The van der Waals surface area contributed by atoms with Crippen LogP contribution in [0, 0.1) is 0 Å². The van der Waals surface area contributed by atoms with E-state index >= 15 is 0 Å². The second kappa shape index (κ2) is 7.34. The van der Waals surface area contributed by atoms with Gasteiger partial charge < -0.3 is 10.2 Å². The van der Waals surface area contributed by atoms with Crippen molar-refractivity contribution < 1.29 is 24.0 Å². The first-order valence-electron chi connectivity index (χ1n) is 7.94. The molecular formula is C17H20N4O5. The maximum absolute atomic E-state index is 12.1. The van der Waals surface area contributed by atoms with Gasteiger partial charge in [0.1, 0.15) is 6.54 Å². The lowest BCUT2D eigenvalue weighted by Crippen LogP contribution is -2.40. The number of nitrogens with one attached hydrogen (secondary N) is 1. The van der Waals surface area contributed by atoms with Gasteiger partial charge in [-0.15, -0.1) is 0 Å². The van der Waals surface area contributed by atoms with Crippen molar-refractivity contribution in [2.75, 3.05) is 26.0 Å². The van der Waals surface area contributed by atoms with Gasteiger partial charge in [-0.3, -0.25) is 24.1 Å². The van der Waals surface area contributed by atoms with Gasteiger partial charge in [0, 0.05) is 31.4 Å². The summed E-state index contributed by atoms with van der Waals surface area (Å²) >= 11 is 0. The number of imide groups is 2. The van der Waals surface area contributed by atoms with Crippen LogP contribution in [0.2, 0.25) is 0 Å². The molecule has 1 heterocycles. The zero-order valence-electron chi connectivity index (χ0n) is 15.0. The Morgan fingerprint density at radius 3 is 2.08 bits per heavy atom. The van der Waals surface area contributed by atoms with Gasteiger partial charge in [-0.05, 0) is 38.1 Å². The van der Waals surface area contributed by atoms with E-state index in [4.69, 9.17) is 0 Å².